The number of ether oxygens (including phenoxy) is 1. The third-order valence-electron chi connectivity index (χ3n) is 4.66. The minimum atomic E-state index is -3.74. The number of carbonyl (C=O) groups is 1. The predicted molar refractivity (Wildman–Crippen MR) is 105 cm³/mol. The van der Waals surface area contributed by atoms with E-state index < -0.39 is 21.8 Å². The molecule has 9 nitrogen and oxygen atoms in total. The van der Waals surface area contributed by atoms with Crippen molar-refractivity contribution in [2.45, 2.75) is 25.0 Å². The van der Waals surface area contributed by atoms with E-state index in [0.717, 1.165) is 0 Å². The second kappa shape index (κ2) is 9.49. The van der Waals surface area contributed by atoms with E-state index in [-0.39, 0.29) is 25.6 Å². The molecular formula is C18H21ClN4O5S. The van der Waals surface area contributed by atoms with E-state index >= 15 is 0 Å². The molecule has 3 heterocycles. The van der Waals surface area contributed by atoms with Crippen molar-refractivity contribution < 1.29 is 23.2 Å². The molecule has 2 aromatic rings. The van der Waals surface area contributed by atoms with Crippen molar-refractivity contribution in [3.05, 3.63) is 53.4 Å². The van der Waals surface area contributed by atoms with Crippen LogP contribution in [-0.2, 0) is 14.8 Å². The second-order valence-electron chi connectivity index (χ2n) is 6.57. The van der Waals surface area contributed by atoms with Gasteiger partial charge in [-0.05, 0) is 36.6 Å². The molecule has 0 saturated carbocycles. The summed E-state index contributed by atoms with van der Waals surface area (Å²) in [6, 6.07) is 5.55. The molecule has 0 aliphatic carbocycles. The number of amides is 1. The van der Waals surface area contributed by atoms with E-state index in [0.29, 0.717) is 34.4 Å². The molecule has 1 aliphatic heterocycles. The summed E-state index contributed by atoms with van der Waals surface area (Å²) in [6.45, 7) is 0.507. The second-order valence-corrected chi connectivity index (χ2v) is 8.99. The van der Waals surface area contributed by atoms with Gasteiger partial charge in [-0.2, -0.15) is 0 Å². The zero-order valence-electron chi connectivity index (χ0n) is 15.5. The number of aromatic nitrogens is 2. The van der Waals surface area contributed by atoms with Gasteiger partial charge in [0, 0.05) is 31.7 Å². The van der Waals surface area contributed by atoms with Gasteiger partial charge in [-0.1, -0.05) is 17.7 Å². The lowest BCUT2D eigenvalue weighted by atomic mass is 10.1. The largest absolute Gasteiger partial charge is 0.473 e. The smallest absolute Gasteiger partial charge is 0.233 e. The fourth-order valence-corrected chi connectivity index (χ4v) is 5.01. The number of hydrogen-bond donors (Lipinski definition) is 1. The van der Waals surface area contributed by atoms with Gasteiger partial charge >= 0.3 is 0 Å². The highest BCUT2D eigenvalue weighted by atomic mass is 35.5. The predicted octanol–water partition coefficient (Wildman–Crippen LogP) is 1.89. The number of piperidine rings is 1. The highest BCUT2D eigenvalue weighted by Crippen LogP contribution is 2.27. The van der Waals surface area contributed by atoms with Gasteiger partial charge < -0.3 is 4.74 Å². The third-order valence-corrected chi connectivity index (χ3v) is 6.84. The molecule has 1 saturated heterocycles. The Kier molecular flexibility index (Phi) is 7.01. The molecule has 3 rings (SSSR count). The summed E-state index contributed by atoms with van der Waals surface area (Å²) in [5.74, 6) is -0.125. The van der Waals surface area contributed by atoms with Crippen LogP contribution in [-0.4, -0.2) is 64.3 Å². The number of carbonyl (C=O) groups excluding carboxylic acids is 1. The fourth-order valence-electron chi connectivity index (χ4n) is 3.12. The first-order chi connectivity index (χ1) is 13.9. The number of pyridine rings is 2. The summed E-state index contributed by atoms with van der Waals surface area (Å²) in [6.07, 6.45) is 5.45. The summed E-state index contributed by atoms with van der Waals surface area (Å²) < 4.78 is 32.9. The molecule has 29 heavy (non-hydrogen) atoms. The highest BCUT2D eigenvalue weighted by molar-refractivity contribution is 7.89. The van der Waals surface area contributed by atoms with Crippen LogP contribution in [0.15, 0.2) is 42.9 Å². The van der Waals surface area contributed by atoms with Crippen LogP contribution < -0.4 is 4.74 Å². The first-order valence-corrected chi connectivity index (χ1v) is 11.0. The Morgan fingerprint density at radius 3 is 2.66 bits per heavy atom. The molecule has 2 aromatic heterocycles. The van der Waals surface area contributed by atoms with Crippen molar-refractivity contribution in [1.29, 1.82) is 0 Å². The van der Waals surface area contributed by atoms with Gasteiger partial charge in [-0.3, -0.25) is 15.0 Å². The number of rotatable bonds is 8. The van der Waals surface area contributed by atoms with E-state index in [1.807, 2.05) is 0 Å². The minimum absolute atomic E-state index is 0.184. The van der Waals surface area contributed by atoms with E-state index in [2.05, 4.69) is 9.97 Å². The number of nitrogens with zero attached hydrogens (tertiary/aromatic N) is 4. The van der Waals surface area contributed by atoms with Crippen LogP contribution in [0.3, 0.4) is 0 Å². The molecular weight excluding hydrogens is 420 g/mol. The van der Waals surface area contributed by atoms with E-state index in [1.54, 1.807) is 30.5 Å². The van der Waals surface area contributed by atoms with Gasteiger partial charge in [0.05, 0.1) is 5.75 Å². The van der Waals surface area contributed by atoms with Crippen LogP contribution in [0.25, 0.3) is 0 Å². The van der Waals surface area contributed by atoms with Crippen LogP contribution in [0.1, 0.15) is 24.4 Å². The summed E-state index contributed by atoms with van der Waals surface area (Å²) in [4.78, 5) is 19.0. The van der Waals surface area contributed by atoms with Crippen LogP contribution in [0, 0.1) is 0 Å². The van der Waals surface area contributed by atoms with Crippen molar-refractivity contribution in [2.24, 2.45) is 0 Å². The maximum atomic E-state index is 12.9. The van der Waals surface area contributed by atoms with E-state index in [4.69, 9.17) is 16.3 Å². The molecule has 1 amide bonds. The third kappa shape index (κ3) is 5.41. The van der Waals surface area contributed by atoms with Crippen molar-refractivity contribution in [3.63, 3.8) is 0 Å². The Morgan fingerprint density at radius 2 is 2.03 bits per heavy atom. The Hall–Kier alpha value is -2.27. The van der Waals surface area contributed by atoms with Crippen LogP contribution in [0.4, 0.5) is 0 Å². The Bertz CT molecular complexity index is 923. The average Bonchev–Trinajstić information content (AvgIpc) is 2.74. The first-order valence-electron chi connectivity index (χ1n) is 8.98. The van der Waals surface area contributed by atoms with Crippen molar-refractivity contribution in [1.82, 2.24) is 19.3 Å². The number of halogens is 1. The number of hydroxylamine groups is 2. The first kappa shape index (κ1) is 21.4. The van der Waals surface area contributed by atoms with Gasteiger partial charge in [0.2, 0.25) is 22.3 Å². The van der Waals surface area contributed by atoms with Crippen molar-refractivity contribution in [2.75, 3.05) is 18.8 Å². The molecule has 156 valence electrons. The molecule has 0 aromatic carbocycles. The molecule has 0 radical (unpaired) electrons. The monoisotopic (exact) mass is 440 g/mol. The number of sulfonamides is 1. The normalized spacial score (nSPS) is 16.9. The minimum Gasteiger partial charge on any atom is -0.473 e. The van der Waals surface area contributed by atoms with E-state index in [9.17, 15) is 18.4 Å². The summed E-state index contributed by atoms with van der Waals surface area (Å²) in [5.41, 5.74) is 0.425. The zero-order chi connectivity index (χ0) is 20.9. The summed E-state index contributed by atoms with van der Waals surface area (Å²) in [7, 11) is -3.74. The maximum absolute atomic E-state index is 12.9. The Labute approximate surface area is 173 Å². The average molecular weight is 441 g/mol. The number of hydrogen-bond acceptors (Lipinski definition) is 7. The van der Waals surface area contributed by atoms with Gasteiger partial charge in [-0.15, -0.1) is 0 Å². The molecule has 11 heteroatoms. The van der Waals surface area contributed by atoms with Gasteiger partial charge in [0.15, 0.2) is 0 Å². The zero-order valence-corrected chi connectivity index (χ0v) is 17.0. The topological polar surface area (TPSA) is 113 Å². The highest BCUT2D eigenvalue weighted by Gasteiger charge is 2.33. The molecule has 0 spiro atoms. The standard InChI is InChI=1S/C18H21ClN4O5S/c19-16-4-2-8-21-18(16)28-15-5-9-22(10-6-15)29(26,27)12-17(23(25)13-24)14-3-1-7-20-11-14/h1-4,7-8,11,13,15,17,25H,5-6,9-10,12H2. The summed E-state index contributed by atoms with van der Waals surface area (Å²) >= 11 is 6.05. The summed E-state index contributed by atoms with van der Waals surface area (Å²) in [5, 5.41) is 10.6. The lowest BCUT2D eigenvalue weighted by molar-refractivity contribution is -0.159. The van der Waals surface area contributed by atoms with Crippen LogP contribution in [0.5, 0.6) is 5.88 Å². The van der Waals surface area contributed by atoms with Gasteiger partial charge in [0.1, 0.15) is 17.2 Å². The molecule has 1 fully saturated rings. The lowest BCUT2D eigenvalue weighted by Gasteiger charge is -2.33. The molecule has 1 N–H and O–H groups in total. The quantitative estimate of drug-likeness (QED) is 0.379. The molecule has 1 aliphatic rings. The fraction of sp³-hybridized carbons (Fsp3) is 0.389. The molecule has 1 atom stereocenters. The van der Waals surface area contributed by atoms with Gasteiger partial charge in [-0.25, -0.2) is 22.8 Å². The van der Waals surface area contributed by atoms with E-state index in [1.165, 1.54) is 16.7 Å². The Morgan fingerprint density at radius 1 is 1.31 bits per heavy atom. The molecule has 1 unspecified atom stereocenters. The molecule has 0 bridgehead atoms. The SMILES string of the molecule is O=CN(O)C(CS(=O)(=O)N1CCC(Oc2ncccc2Cl)CC1)c1cccnc1. The maximum Gasteiger partial charge on any atom is 0.233 e. The van der Waals surface area contributed by atoms with Crippen molar-refractivity contribution >= 4 is 28.0 Å². The van der Waals surface area contributed by atoms with Crippen LogP contribution >= 0.6 is 11.6 Å². The van der Waals surface area contributed by atoms with Gasteiger partial charge in [0.25, 0.3) is 0 Å². The van der Waals surface area contributed by atoms with Crippen LogP contribution in [0.2, 0.25) is 5.02 Å². The lowest BCUT2D eigenvalue weighted by Crippen LogP contribution is -2.44. The van der Waals surface area contributed by atoms with Crippen molar-refractivity contribution in [3.8, 4) is 5.88 Å². The Balaban J connectivity index is 1.64.